The molecular formula is C21H27NO3. The fourth-order valence-corrected chi connectivity index (χ4v) is 2.66. The number of hydrogen-bond acceptors (Lipinski definition) is 3. The van der Waals surface area contributed by atoms with E-state index in [0.717, 1.165) is 31.4 Å². The van der Waals surface area contributed by atoms with Gasteiger partial charge in [-0.3, -0.25) is 14.5 Å². The fourth-order valence-electron chi connectivity index (χ4n) is 2.66. The topological polar surface area (TPSA) is 46.6 Å². The highest BCUT2D eigenvalue weighted by atomic mass is 16.5. The van der Waals surface area contributed by atoms with Gasteiger partial charge in [0.2, 0.25) is 0 Å². The lowest BCUT2D eigenvalue weighted by atomic mass is 10.0. The normalized spacial score (nSPS) is 13.5. The summed E-state index contributed by atoms with van der Waals surface area (Å²) in [5, 5.41) is 0. The Morgan fingerprint density at radius 2 is 1.48 bits per heavy atom. The lowest BCUT2D eigenvalue weighted by molar-refractivity contribution is -0.136. The highest BCUT2D eigenvalue weighted by molar-refractivity contribution is 6.12. The molecule has 2 rings (SSSR count). The number of ether oxygens (including phenoxy) is 1. The maximum Gasteiger partial charge on any atom is 0.253 e. The molecule has 1 aliphatic rings. The van der Waals surface area contributed by atoms with E-state index in [9.17, 15) is 9.59 Å². The molecular weight excluding hydrogens is 314 g/mol. The zero-order chi connectivity index (χ0) is 18.2. The largest absolute Gasteiger partial charge is 0.494 e. The average molecular weight is 341 g/mol. The summed E-state index contributed by atoms with van der Waals surface area (Å²) in [6.07, 6.45) is 6.49. The molecule has 0 fully saturated rings. The molecule has 2 amide bonds. The Hall–Kier alpha value is -2.36. The Balaban J connectivity index is 1.59. The Kier molecular flexibility index (Phi) is 6.99. The van der Waals surface area contributed by atoms with Gasteiger partial charge in [-0.25, -0.2) is 0 Å². The number of allylic oxidation sites excluding steroid dienone is 2. The molecule has 0 aromatic heterocycles. The summed E-state index contributed by atoms with van der Waals surface area (Å²) in [6.45, 7) is 7.56. The van der Waals surface area contributed by atoms with Crippen molar-refractivity contribution in [1.82, 2.24) is 4.90 Å². The minimum Gasteiger partial charge on any atom is -0.494 e. The summed E-state index contributed by atoms with van der Waals surface area (Å²) in [6, 6.07) is 8.21. The zero-order valence-corrected chi connectivity index (χ0v) is 15.4. The SMILES string of the molecule is CC(C)=C(C)c1ccc(OCCCCCCN2C(=O)C=CC2=O)cc1. The van der Waals surface area contributed by atoms with Gasteiger partial charge in [0.15, 0.2) is 0 Å². The highest BCUT2D eigenvalue weighted by Gasteiger charge is 2.21. The van der Waals surface area contributed by atoms with Crippen molar-refractivity contribution in [3.8, 4) is 5.75 Å². The molecule has 0 atom stereocenters. The van der Waals surface area contributed by atoms with Crippen LogP contribution in [0.4, 0.5) is 0 Å². The average Bonchev–Trinajstić information content (AvgIpc) is 2.92. The Bertz CT molecular complexity index is 649. The molecule has 1 heterocycles. The van der Waals surface area contributed by atoms with Gasteiger partial charge in [0.05, 0.1) is 6.61 Å². The van der Waals surface area contributed by atoms with Crippen LogP contribution in [0, 0.1) is 0 Å². The van der Waals surface area contributed by atoms with Crippen molar-refractivity contribution in [3.63, 3.8) is 0 Å². The summed E-state index contributed by atoms with van der Waals surface area (Å²) in [5.74, 6) is 0.505. The summed E-state index contributed by atoms with van der Waals surface area (Å²) < 4.78 is 5.77. The van der Waals surface area contributed by atoms with Gasteiger partial charge >= 0.3 is 0 Å². The maximum atomic E-state index is 11.4. The number of amides is 2. The van der Waals surface area contributed by atoms with E-state index in [2.05, 4.69) is 32.9 Å². The van der Waals surface area contributed by atoms with Gasteiger partial charge in [0.1, 0.15) is 5.75 Å². The first-order valence-corrected chi connectivity index (χ1v) is 8.90. The third-order valence-corrected chi connectivity index (χ3v) is 4.48. The van der Waals surface area contributed by atoms with Crippen LogP contribution in [0.25, 0.3) is 5.57 Å². The van der Waals surface area contributed by atoms with E-state index in [4.69, 9.17) is 4.74 Å². The molecule has 0 bridgehead atoms. The Morgan fingerprint density at radius 3 is 2.08 bits per heavy atom. The zero-order valence-electron chi connectivity index (χ0n) is 15.4. The molecule has 0 radical (unpaired) electrons. The number of benzene rings is 1. The van der Waals surface area contributed by atoms with Gasteiger partial charge < -0.3 is 4.74 Å². The molecule has 0 saturated heterocycles. The van der Waals surface area contributed by atoms with Crippen molar-refractivity contribution in [2.45, 2.75) is 46.5 Å². The lowest BCUT2D eigenvalue weighted by Crippen LogP contribution is -2.30. The first kappa shape index (κ1) is 19.0. The molecule has 0 aliphatic carbocycles. The number of hydrogen-bond donors (Lipinski definition) is 0. The molecule has 0 spiro atoms. The van der Waals surface area contributed by atoms with Crippen molar-refractivity contribution < 1.29 is 14.3 Å². The molecule has 4 nitrogen and oxygen atoms in total. The van der Waals surface area contributed by atoms with Gasteiger partial charge in [-0.1, -0.05) is 30.5 Å². The number of rotatable bonds is 9. The first-order chi connectivity index (χ1) is 12.0. The van der Waals surface area contributed by atoms with Crippen LogP contribution in [0.5, 0.6) is 5.75 Å². The molecule has 25 heavy (non-hydrogen) atoms. The standard InChI is InChI=1S/C21H27NO3/c1-16(2)17(3)18-8-10-19(11-9-18)25-15-7-5-4-6-14-22-20(23)12-13-21(22)24/h8-13H,4-7,14-15H2,1-3H3. The molecule has 1 aliphatic heterocycles. The first-order valence-electron chi connectivity index (χ1n) is 8.90. The summed E-state index contributed by atoms with van der Waals surface area (Å²) in [7, 11) is 0. The molecule has 1 aromatic carbocycles. The van der Waals surface area contributed by atoms with Crippen LogP contribution in [-0.2, 0) is 9.59 Å². The van der Waals surface area contributed by atoms with E-state index in [1.54, 1.807) is 0 Å². The van der Waals surface area contributed by atoms with Gasteiger partial charge in [-0.15, -0.1) is 0 Å². The second kappa shape index (κ2) is 9.21. The van der Waals surface area contributed by atoms with Gasteiger partial charge in [0.25, 0.3) is 11.8 Å². The quantitative estimate of drug-likeness (QED) is 0.495. The highest BCUT2D eigenvalue weighted by Crippen LogP contribution is 2.21. The molecule has 1 aromatic rings. The second-order valence-corrected chi connectivity index (χ2v) is 6.57. The third kappa shape index (κ3) is 5.59. The summed E-state index contributed by atoms with van der Waals surface area (Å²) >= 11 is 0. The smallest absolute Gasteiger partial charge is 0.253 e. The molecule has 134 valence electrons. The van der Waals surface area contributed by atoms with Crippen molar-refractivity contribution in [3.05, 3.63) is 47.6 Å². The number of carbonyl (C=O) groups is 2. The van der Waals surface area contributed by atoms with Crippen LogP contribution in [0.15, 0.2) is 42.0 Å². The van der Waals surface area contributed by atoms with Gasteiger partial charge in [0, 0.05) is 18.7 Å². The summed E-state index contributed by atoms with van der Waals surface area (Å²) in [4.78, 5) is 24.1. The van der Waals surface area contributed by atoms with Crippen LogP contribution in [0.1, 0.15) is 52.0 Å². The van der Waals surface area contributed by atoms with Crippen molar-refractivity contribution in [1.29, 1.82) is 0 Å². The summed E-state index contributed by atoms with van der Waals surface area (Å²) in [5.41, 5.74) is 3.85. The second-order valence-electron chi connectivity index (χ2n) is 6.57. The molecule has 4 heteroatoms. The number of carbonyl (C=O) groups excluding carboxylic acids is 2. The van der Waals surface area contributed by atoms with E-state index in [1.807, 2.05) is 12.1 Å². The lowest BCUT2D eigenvalue weighted by Gasteiger charge is -2.13. The van der Waals surface area contributed by atoms with E-state index < -0.39 is 0 Å². The number of unbranched alkanes of at least 4 members (excludes halogenated alkanes) is 3. The van der Waals surface area contributed by atoms with Gasteiger partial charge in [-0.05, 0) is 56.9 Å². The number of imide groups is 1. The molecule has 0 N–H and O–H groups in total. The van der Waals surface area contributed by atoms with Crippen molar-refractivity contribution >= 4 is 17.4 Å². The predicted octanol–water partition coefficient (Wildman–Crippen LogP) is 4.36. The third-order valence-electron chi connectivity index (χ3n) is 4.48. The van der Waals surface area contributed by atoms with Crippen LogP contribution >= 0.6 is 0 Å². The van der Waals surface area contributed by atoms with E-state index in [-0.39, 0.29) is 11.8 Å². The number of nitrogens with zero attached hydrogens (tertiary/aromatic N) is 1. The monoisotopic (exact) mass is 341 g/mol. The molecule has 0 unspecified atom stereocenters. The van der Waals surface area contributed by atoms with Crippen LogP contribution in [0.3, 0.4) is 0 Å². The Morgan fingerprint density at radius 1 is 0.880 bits per heavy atom. The predicted molar refractivity (Wildman–Crippen MR) is 100 cm³/mol. The fraction of sp³-hybridized carbons (Fsp3) is 0.429. The minimum absolute atomic E-state index is 0.194. The van der Waals surface area contributed by atoms with Crippen LogP contribution < -0.4 is 4.74 Å². The Labute approximate surface area is 150 Å². The van der Waals surface area contributed by atoms with Gasteiger partial charge in [-0.2, -0.15) is 0 Å². The van der Waals surface area contributed by atoms with Crippen LogP contribution in [0.2, 0.25) is 0 Å². The van der Waals surface area contributed by atoms with Crippen molar-refractivity contribution in [2.24, 2.45) is 0 Å². The minimum atomic E-state index is -0.194. The van der Waals surface area contributed by atoms with E-state index in [0.29, 0.717) is 13.2 Å². The van der Waals surface area contributed by atoms with E-state index >= 15 is 0 Å². The van der Waals surface area contributed by atoms with E-state index in [1.165, 1.54) is 33.8 Å². The maximum absolute atomic E-state index is 11.4. The molecule has 0 saturated carbocycles. The van der Waals surface area contributed by atoms with Crippen LogP contribution in [-0.4, -0.2) is 29.9 Å². The van der Waals surface area contributed by atoms with Crippen molar-refractivity contribution in [2.75, 3.05) is 13.2 Å².